The van der Waals surface area contributed by atoms with Gasteiger partial charge in [-0.3, -0.25) is 4.90 Å². The van der Waals surface area contributed by atoms with Gasteiger partial charge in [0.1, 0.15) is 0 Å². The van der Waals surface area contributed by atoms with Gasteiger partial charge in [0, 0.05) is 25.2 Å². The zero-order valence-corrected chi connectivity index (χ0v) is 12.4. The van der Waals surface area contributed by atoms with Crippen LogP contribution in [0.1, 0.15) is 34.6 Å². The van der Waals surface area contributed by atoms with Gasteiger partial charge in [0.25, 0.3) is 0 Å². The van der Waals surface area contributed by atoms with Gasteiger partial charge in [0.15, 0.2) is 0 Å². The summed E-state index contributed by atoms with van der Waals surface area (Å²) in [5.74, 6) is -0.262. The van der Waals surface area contributed by atoms with E-state index in [4.69, 9.17) is 4.74 Å². The molecule has 0 bridgehead atoms. The summed E-state index contributed by atoms with van der Waals surface area (Å²) in [5, 5.41) is 0. The highest BCUT2D eigenvalue weighted by Crippen LogP contribution is 2.27. The third kappa shape index (κ3) is 4.42. The van der Waals surface area contributed by atoms with E-state index in [0.29, 0.717) is 5.57 Å². The van der Waals surface area contributed by atoms with E-state index < -0.39 is 0 Å². The number of methoxy groups -OCH3 is 1. The lowest BCUT2D eigenvalue weighted by Crippen LogP contribution is -2.57. The first-order chi connectivity index (χ1) is 8.15. The molecule has 0 aromatic rings. The second-order valence-electron chi connectivity index (χ2n) is 6.17. The monoisotopic (exact) mass is 255 g/mol. The third-order valence-corrected chi connectivity index (χ3v) is 2.92. The van der Waals surface area contributed by atoms with Crippen molar-refractivity contribution in [2.75, 3.05) is 26.7 Å². The van der Waals surface area contributed by atoms with Crippen molar-refractivity contribution >= 4 is 5.97 Å². The molecule has 0 unspecified atom stereocenters. The van der Waals surface area contributed by atoms with Crippen LogP contribution in [0.3, 0.4) is 0 Å². The van der Waals surface area contributed by atoms with Crippen molar-refractivity contribution in [3.05, 3.63) is 11.6 Å². The predicted octanol–water partition coefficient (Wildman–Crippen LogP) is 2.00. The average Bonchev–Trinajstić information content (AvgIpc) is 2.20. The molecule has 1 saturated heterocycles. The van der Waals surface area contributed by atoms with Crippen LogP contribution in [-0.2, 0) is 14.3 Å². The van der Waals surface area contributed by atoms with Crippen molar-refractivity contribution < 1.29 is 14.3 Å². The molecule has 18 heavy (non-hydrogen) atoms. The second kappa shape index (κ2) is 5.41. The number of esters is 1. The molecule has 4 nitrogen and oxygen atoms in total. The van der Waals surface area contributed by atoms with Gasteiger partial charge in [0.05, 0.1) is 18.3 Å². The van der Waals surface area contributed by atoms with Crippen LogP contribution in [-0.4, -0.2) is 48.8 Å². The first-order valence-electron chi connectivity index (χ1n) is 6.33. The fourth-order valence-corrected chi connectivity index (χ4v) is 2.58. The molecule has 1 heterocycles. The Morgan fingerprint density at radius 2 is 1.78 bits per heavy atom. The summed E-state index contributed by atoms with van der Waals surface area (Å²) in [5.41, 5.74) is 0.336. The van der Waals surface area contributed by atoms with E-state index in [1.165, 1.54) is 7.11 Å². The maximum atomic E-state index is 11.3. The van der Waals surface area contributed by atoms with Crippen LogP contribution >= 0.6 is 0 Å². The molecule has 1 aliphatic rings. The maximum absolute atomic E-state index is 11.3. The Morgan fingerprint density at radius 1 is 1.28 bits per heavy atom. The Kier molecular flexibility index (Phi) is 4.56. The highest BCUT2D eigenvalue weighted by Gasteiger charge is 2.37. The number of carbonyl (C=O) groups excluding carboxylic acids is 1. The Balaban J connectivity index is 2.65. The molecule has 0 saturated carbocycles. The molecule has 0 N–H and O–H groups in total. The fourth-order valence-electron chi connectivity index (χ4n) is 2.58. The first kappa shape index (κ1) is 15.2. The van der Waals surface area contributed by atoms with E-state index in [1.54, 1.807) is 6.92 Å². The molecule has 0 aromatic heterocycles. The molecule has 0 radical (unpaired) electrons. The molecule has 0 spiro atoms. The standard InChI is InChI=1S/C14H25NO3/c1-11(12(16)17-6)7-8-15-9-13(2,3)18-14(4,5)10-15/h7H,8-10H2,1-6H3. The van der Waals surface area contributed by atoms with Crippen LogP contribution in [0.2, 0.25) is 0 Å². The van der Waals surface area contributed by atoms with Gasteiger partial charge in [-0.25, -0.2) is 4.79 Å². The first-order valence-corrected chi connectivity index (χ1v) is 6.33. The molecule has 104 valence electrons. The lowest BCUT2D eigenvalue weighted by Gasteiger charge is -2.47. The van der Waals surface area contributed by atoms with E-state index in [9.17, 15) is 4.79 Å². The van der Waals surface area contributed by atoms with Crippen LogP contribution in [0, 0.1) is 0 Å². The summed E-state index contributed by atoms with van der Waals surface area (Å²) < 4.78 is 10.7. The zero-order chi connectivity index (χ0) is 14.0. The van der Waals surface area contributed by atoms with Crippen LogP contribution < -0.4 is 0 Å². The quantitative estimate of drug-likeness (QED) is 0.571. The van der Waals surface area contributed by atoms with Crippen molar-refractivity contribution in [1.29, 1.82) is 0 Å². The Morgan fingerprint density at radius 3 is 2.22 bits per heavy atom. The molecule has 1 aliphatic heterocycles. The van der Waals surface area contributed by atoms with Gasteiger partial charge in [0.2, 0.25) is 0 Å². The highest BCUT2D eigenvalue weighted by molar-refractivity contribution is 5.87. The Hall–Kier alpha value is -0.870. The number of hydrogen-bond acceptors (Lipinski definition) is 4. The summed E-state index contributed by atoms with van der Waals surface area (Å²) in [7, 11) is 1.40. The van der Waals surface area contributed by atoms with Crippen LogP contribution in [0.25, 0.3) is 0 Å². The van der Waals surface area contributed by atoms with E-state index in [0.717, 1.165) is 19.6 Å². The molecule has 0 amide bonds. The molecule has 0 aromatic carbocycles. The summed E-state index contributed by atoms with van der Waals surface area (Å²) in [4.78, 5) is 13.6. The van der Waals surface area contributed by atoms with E-state index in [-0.39, 0.29) is 17.2 Å². The average molecular weight is 255 g/mol. The molecular formula is C14H25NO3. The molecular weight excluding hydrogens is 230 g/mol. The topological polar surface area (TPSA) is 38.8 Å². The molecule has 1 rings (SSSR count). The van der Waals surface area contributed by atoms with Crippen molar-refractivity contribution in [2.45, 2.75) is 45.8 Å². The minimum absolute atomic E-state index is 0.158. The molecule has 0 aliphatic carbocycles. The lowest BCUT2D eigenvalue weighted by molar-refractivity contribution is -0.178. The van der Waals surface area contributed by atoms with Gasteiger partial charge in [-0.05, 0) is 34.6 Å². The largest absolute Gasteiger partial charge is 0.466 e. The number of hydrogen-bond donors (Lipinski definition) is 0. The Bertz CT molecular complexity index is 329. The number of morpholine rings is 1. The van der Waals surface area contributed by atoms with Gasteiger partial charge in [-0.15, -0.1) is 0 Å². The van der Waals surface area contributed by atoms with Crippen molar-refractivity contribution in [3.63, 3.8) is 0 Å². The number of rotatable bonds is 3. The summed E-state index contributed by atoms with van der Waals surface area (Å²) in [6.07, 6.45) is 1.92. The van der Waals surface area contributed by atoms with Gasteiger partial charge in [-0.1, -0.05) is 6.08 Å². The number of ether oxygens (including phenoxy) is 2. The number of carbonyl (C=O) groups is 1. The lowest BCUT2D eigenvalue weighted by atomic mass is 9.99. The normalized spacial score (nSPS) is 23.8. The second-order valence-corrected chi connectivity index (χ2v) is 6.17. The van der Waals surface area contributed by atoms with E-state index in [1.807, 2.05) is 6.08 Å². The van der Waals surface area contributed by atoms with Gasteiger partial charge < -0.3 is 9.47 Å². The molecule has 0 atom stereocenters. The Labute approximate surface area is 110 Å². The SMILES string of the molecule is COC(=O)C(C)=CCN1CC(C)(C)OC(C)(C)C1. The minimum atomic E-state index is -0.262. The fraction of sp³-hybridized carbons (Fsp3) is 0.786. The maximum Gasteiger partial charge on any atom is 0.333 e. The molecule has 4 heteroatoms. The van der Waals surface area contributed by atoms with Crippen LogP contribution in [0.5, 0.6) is 0 Å². The number of nitrogens with zero attached hydrogens (tertiary/aromatic N) is 1. The van der Waals surface area contributed by atoms with Gasteiger partial charge in [-0.2, -0.15) is 0 Å². The van der Waals surface area contributed by atoms with Crippen molar-refractivity contribution in [2.24, 2.45) is 0 Å². The molecule has 1 fully saturated rings. The van der Waals surface area contributed by atoms with Gasteiger partial charge >= 0.3 is 5.97 Å². The summed E-state index contributed by atoms with van der Waals surface area (Å²) in [6, 6.07) is 0. The zero-order valence-electron chi connectivity index (χ0n) is 12.4. The summed E-state index contributed by atoms with van der Waals surface area (Å²) in [6.45, 7) is 12.6. The van der Waals surface area contributed by atoms with Crippen LogP contribution in [0.4, 0.5) is 0 Å². The van der Waals surface area contributed by atoms with Crippen molar-refractivity contribution in [1.82, 2.24) is 4.90 Å². The highest BCUT2D eigenvalue weighted by atomic mass is 16.5. The van der Waals surface area contributed by atoms with E-state index in [2.05, 4.69) is 37.3 Å². The van der Waals surface area contributed by atoms with Crippen LogP contribution in [0.15, 0.2) is 11.6 Å². The predicted molar refractivity (Wildman–Crippen MR) is 71.5 cm³/mol. The smallest absolute Gasteiger partial charge is 0.333 e. The minimum Gasteiger partial charge on any atom is -0.466 e. The third-order valence-electron chi connectivity index (χ3n) is 2.92. The van der Waals surface area contributed by atoms with E-state index >= 15 is 0 Å². The van der Waals surface area contributed by atoms with Crippen molar-refractivity contribution in [3.8, 4) is 0 Å². The summed E-state index contributed by atoms with van der Waals surface area (Å²) >= 11 is 0.